The minimum absolute atomic E-state index is 0. The molecule has 0 aliphatic carbocycles. The number of oxime groups is 1. The summed E-state index contributed by atoms with van der Waals surface area (Å²) in [4.78, 5) is 13.4. The molecule has 138 valence electrons. The summed E-state index contributed by atoms with van der Waals surface area (Å²) in [6, 6.07) is 14.2. The predicted molar refractivity (Wildman–Crippen MR) is 110 cm³/mol. The van der Waals surface area contributed by atoms with Crippen LogP contribution in [-0.2, 0) is 4.84 Å². The van der Waals surface area contributed by atoms with E-state index >= 15 is 0 Å². The lowest BCUT2D eigenvalue weighted by Crippen LogP contribution is -2.34. The lowest BCUT2D eigenvalue weighted by molar-refractivity contribution is 0.0421. The number of nitrogens with one attached hydrogen (secondary N) is 2. The van der Waals surface area contributed by atoms with Crippen LogP contribution in [0.4, 0.5) is 0 Å². The normalized spacial score (nSPS) is 17.2. The Labute approximate surface area is 165 Å². The van der Waals surface area contributed by atoms with Crippen LogP contribution in [0.25, 0.3) is 10.9 Å². The van der Waals surface area contributed by atoms with Crippen molar-refractivity contribution in [1.82, 2.24) is 15.3 Å². The van der Waals surface area contributed by atoms with Gasteiger partial charge >= 0.3 is 0 Å². The lowest BCUT2D eigenvalue weighted by Gasteiger charge is -2.21. The molecule has 4 rings (SSSR count). The monoisotopic (exact) mass is 392 g/mol. The van der Waals surface area contributed by atoms with E-state index in [-0.39, 0.29) is 30.9 Å². The predicted octanol–water partition coefficient (Wildman–Crippen LogP) is 3.93. The minimum Gasteiger partial charge on any atom is -0.391 e. The fourth-order valence-electron chi connectivity index (χ4n) is 2.99. The van der Waals surface area contributed by atoms with Crippen LogP contribution in [0.15, 0.2) is 60.0 Å². The maximum absolute atomic E-state index is 5.84. The molecular formula is C19H22Cl2N4O. The summed E-state index contributed by atoms with van der Waals surface area (Å²) in [5.74, 6) is 0. The number of halogens is 2. The van der Waals surface area contributed by atoms with Gasteiger partial charge in [-0.2, -0.15) is 0 Å². The number of aromatic amines is 1. The van der Waals surface area contributed by atoms with Gasteiger partial charge in [-0.1, -0.05) is 35.5 Å². The number of fused-ring (bicyclic) bond motifs is 1. The SMILES string of the molecule is Cl.Cl.c1ccc(/C(=N\OC2CCCNC2)c2cc3ccncc3[nH]2)cc1. The third-order valence-corrected chi connectivity index (χ3v) is 4.27. The van der Waals surface area contributed by atoms with Crippen molar-refractivity contribution in [1.29, 1.82) is 0 Å². The van der Waals surface area contributed by atoms with Gasteiger partial charge in [0.1, 0.15) is 11.8 Å². The van der Waals surface area contributed by atoms with Crippen molar-refractivity contribution in [2.75, 3.05) is 13.1 Å². The van der Waals surface area contributed by atoms with Gasteiger partial charge in [0, 0.05) is 23.7 Å². The molecule has 0 saturated carbocycles. The first-order chi connectivity index (χ1) is 11.9. The first-order valence-electron chi connectivity index (χ1n) is 8.33. The molecule has 2 aromatic heterocycles. The molecule has 3 aromatic rings. The molecule has 1 saturated heterocycles. The summed E-state index contributed by atoms with van der Waals surface area (Å²) in [7, 11) is 0. The van der Waals surface area contributed by atoms with Crippen LogP contribution >= 0.6 is 24.8 Å². The molecule has 0 spiro atoms. The average Bonchev–Trinajstić information content (AvgIpc) is 3.07. The first kappa shape index (κ1) is 20.2. The molecule has 1 unspecified atom stereocenters. The molecule has 1 aromatic carbocycles. The second-order valence-corrected chi connectivity index (χ2v) is 6.03. The summed E-state index contributed by atoms with van der Waals surface area (Å²) in [6.45, 7) is 1.91. The van der Waals surface area contributed by atoms with E-state index in [9.17, 15) is 0 Å². The van der Waals surface area contributed by atoms with E-state index in [1.54, 1.807) is 6.20 Å². The minimum atomic E-state index is 0. The quantitative estimate of drug-likeness (QED) is 0.522. The third-order valence-electron chi connectivity index (χ3n) is 4.27. The van der Waals surface area contributed by atoms with Crippen LogP contribution < -0.4 is 5.32 Å². The van der Waals surface area contributed by atoms with Gasteiger partial charge in [0.15, 0.2) is 0 Å². The zero-order valence-corrected chi connectivity index (χ0v) is 15.9. The number of rotatable bonds is 4. The molecule has 3 heterocycles. The van der Waals surface area contributed by atoms with Crippen molar-refractivity contribution in [2.24, 2.45) is 5.16 Å². The van der Waals surface area contributed by atoms with Gasteiger partial charge in [-0.05, 0) is 31.5 Å². The first-order valence-corrected chi connectivity index (χ1v) is 8.33. The molecule has 0 radical (unpaired) electrons. The number of hydrogen-bond acceptors (Lipinski definition) is 4. The van der Waals surface area contributed by atoms with Crippen molar-refractivity contribution in [3.8, 4) is 0 Å². The second kappa shape index (κ2) is 9.57. The van der Waals surface area contributed by atoms with E-state index in [1.165, 1.54) is 0 Å². The van der Waals surface area contributed by atoms with Crippen LogP contribution in [0.2, 0.25) is 0 Å². The van der Waals surface area contributed by atoms with Crippen LogP contribution in [0.1, 0.15) is 24.1 Å². The van der Waals surface area contributed by atoms with Crippen molar-refractivity contribution >= 4 is 41.4 Å². The zero-order chi connectivity index (χ0) is 16.2. The average molecular weight is 393 g/mol. The Morgan fingerprint density at radius 2 is 2.00 bits per heavy atom. The highest BCUT2D eigenvalue weighted by atomic mass is 35.5. The summed E-state index contributed by atoms with van der Waals surface area (Å²) >= 11 is 0. The smallest absolute Gasteiger partial charge is 0.140 e. The fraction of sp³-hybridized carbons (Fsp3) is 0.263. The maximum atomic E-state index is 5.84. The highest BCUT2D eigenvalue weighted by molar-refractivity contribution is 6.13. The van der Waals surface area contributed by atoms with Gasteiger partial charge in [0.2, 0.25) is 0 Å². The number of hydrogen-bond donors (Lipinski definition) is 2. The standard InChI is InChI=1S/C19H20N4O.2ClH/c1-2-5-14(6-3-1)19(23-24-16-7-4-9-20-12-16)17-11-15-8-10-21-13-18(15)22-17;;/h1-3,5-6,8,10-11,13,16,20,22H,4,7,9,12H2;2*1H/b23-19+;;. The van der Waals surface area contributed by atoms with E-state index in [1.807, 2.05) is 42.6 Å². The third kappa shape index (κ3) is 4.55. The molecule has 0 amide bonds. The van der Waals surface area contributed by atoms with Crippen molar-refractivity contribution in [2.45, 2.75) is 18.9 Å². The fourth-order valence-corrected chi connectivity index (χ4v) is 2.99. The number of benzene rings is 1. The highest BCUT2D eigenvalue weighted by Gasteiger charge is 2.16. The summed E-state index contributed by atoms with van der Waals surface area (Å²) < 4.78 is 0. The number of nitrogens with zero attached hydrogens (tertiary/aromatic N) is 2. The zero-order valence-electron chi connectivity index (χ0n) is 14.2. The van der Waals surface area contributed by atoms with E-state index in [2.05, 4.69) is 26.5 Å². The van der Waals surface area contributed by atoms with Crippen LogP contribution in [-0.4, -0.2) is 34.9 Å². The van der Waals surface area contributed by atoms with Gasteiger partial charge < -0.3 is 15.1 Å². The Kier molecular flexibility index (Phi) is 7.45. The second-order valence-electron chi connectivity index (χ2n) is 6.03. The Balaban J connectivity index is 0.00000121. The molecule has 1 aliphatic rings. The molecular weight excluding hydrogens is 371 g/mol. The summed E-state index contributed by atoms with van der Waals surface area (Å²) in [5, 5.41) is 8.97. The molecule has 26 heavy (non-hydrogen) atoms. The Morgan fingerprint density at radius 1 is 1.15 bits per heavy atom. The number of H-pyrrole nitrogens is 1. The lowest BCUT2D eigenvalue weighted by atomic mass is 10.1. The largest absolute Gasteiger partial charge is 0.391 e. The topological polar surface area (TPSA) is 62.3 Å². The van der Waals surface area contributed by atoms with Gasteiger partial charge in [-0.3, -0.25) is 4.98 Å². The van der Waals surface area contributed by atoms with Crippen LogP contribution in [0.5, 0.6) is 0 Å². The molecule has 1 aliphatic heterocycles. The van der Waals surface area contributed by atoms with E-state index in [4.69, 9.17) is 4.84 Å². The van der Waals surface area contributed by atoms with Crippen LogP contribution in [0.3, 0.4) is 0 Å². The number of piperidine rings is 1. The van der Waals surface area contributed by atoms with Gasteiger partial charge in [0.25, 0.3) is 0 Å². The number of pyridine rings is 1. The highest BCUT2D eigenvalue weighted by Crippen LogP contribution is 2.18. The van der Waals surface area contributed by atoms with E-state index < -0.39 is 0 Å². The maximum Gasteiger partial charge on any atom is 0.140 e. The molecule has 2 N–H and O–H groups in total. The van der Waals surface area contributed by atoms with Crippen molar-refractivity contribution < 1.29 is 4.84 Å². The van der Waals surface area contributed by atoms with Crippen LogP contribution in [0, 0.1) is 0 Å². The van der Waals surface area contributed by atoms with Crippen molar-refractivity contribution in [3.05, 3.63) is 66.1 Å². The Hall–Kier alpha value is -2.08. The Bertz CT molecular complexity index is 812. The van der Waals surface area contributed by atoms with Gasteiger partial charge in [-0.25, -0.2) is 0 Å². The summed E-state index contributed by atoms with van der Waals surface area (Å²) in [5.41, 5.74) is 3.78. The molecule has 1 fully saturated rings. The van der Waals surface area contributed by atoms with Gasteiger partial charge in [0.05, 0.1) is 17.4 Å². The van der Waals surface area contributed by atoms with E-state index in [0.717, 1.165) is 53.8 Å². The summed E-state index contributed by atoms with van der Waals surface area (Å²) in [6.07, 6.45) is 5.91. The number of aromatic nitrogens is 2. The molecule has 1 atom stereocenters. The Morgan fingerprint density at radius 3 is 2.73 bits per heavy atom. The van der Waals surface area contributed by atoms with Gasteiger partial charge in [-0.15, -0.1) is 24.8 Å². The molecule has 7 heteroatoms. The van der Waals surface area contributed by atoms with E-state index in [0.29, 0.717) is 0 Å². The molecule has 0 bridgehead atoms. The van der Waals surface area contributed by atoms with Crippen molar-refractivity contribution in [3.63, 3.8) is 0 Å². The molecule has 5 nitrogen and oxygen atoms in total.